The van der Waals surface area contributed by atoms with Crippen LogP contribution in [0.4, 0.5) is 0 Å². The Balaban J connectivity index is 2.37. The molecule has 1 aromatic rings. The van der Waals surface area contributed by atoms with Crippen LogP contribution in [0.25, 0.3) is 0 Å². The molecule has 0 heterocycles. The zero-order valence-corrected chi connectivity index (χ0v) is 17.9. The molecule has 12 nitrogen and oxygen atoms in total. The summed E-state index contributed by atoms with van der Waals surface area (Å²) in [5, 5.41) is 27.4. The molecular weight excluding hydrogens is 436 g/mol. The van der Waals surface area contributed by atoms with Gasteiger partial charge in [0.2, 0.25) is 18.2 Å². The van der Waals surface area contributed by atoms with Crippen molar-refractivity contribution in [2.75, 3.05) is 13.1 Å². The number of carbonyl (C=O) groups excluding carboxylic acids is 4. The van der Waals surface area contributed by atoms with Crippen LogP contribution in [0, 0.1) is 0 Å². The maximum absolute atomic E-state index is 12.0. The maximum Gasteiger partial charge on any atom is 0.326 e. The Hall–Kier alpha value is -3.96. The summed E-state index contributed by atoms with van der Waals surface area (Å²) in [6.45, 7) is -0.203. The van der Waals surface area contributed by atoms with Gasteiger partial charge in [0.15, 0.2) is 0 Å². The van der Waals surface area contributed by atoms with Gasteiger partial charge in [-0.3, -0.25) is 24.0 Å². The van der Waals surface area contributed by atoms with E-state index in [1.807, 2.05) is 0 Å². The molecule has 2 unspecified atom stereocenters. The van der Waals surface area contributed by atoms with Gasteiger partial charge in [-0.2, -0.15) is 0 Å². The van der Waals surface area contributed by atoms with Crippen LogP contribution in [0.3, 0.4) is 0 Å². The molecule has 0 spiro atoms. The van der Waals surface area contributed by atoms with E-state index in [-0.39, 0.29) is 31.6 Å². The van der Waals surface area contributed by atoms with Gasteiger partial charge in [-0.1, -0.05) is 18.2 Å². The highest BCUT2D eigenvalue weighted by Gasteiger charge is 2.22. The summed E-state index contributed by atoms with van der Waals surface area (Å²) in [5.74, 6) is -4.15. The zero-order chi connectivity index (χ0) is 24.6. The molecule has 33 heavy (non-hydrogen) atoms. The average Bonchev–Trinajstić information content (AvgIpc) is 2.79. The number of nitrogens with one attached hydrogen (secondary N) is 4. The van der Waals surface area contributed by atoms with E-state index < -0.39 is 42.4 Å². The number of carboxylic acids is 2. The number of carbonyl (C=O) groups is 6. The number of benzene rings is 1. The van der Waals surface area contributed by atoms with E-state index in [1.165, 1.54) is 0 Å². The molecule has 0 fully saturated rings. The molecular formula is C21H28N4O8. The Labute approximate surface area is 190 Å². The van der Waals surface area contributed by atoms with Crippen LogP contribution in [-0.4, -0.2) is 71.5 Å². The first kappa shape index (κ1) is 27.1. The SMILES string of the molecule is O=CNC(CCC(=O)O)C(=O)NCC(=O)NC(CCCCNC(=O)c1ccccc1)C(=O)O. The topological polar surface area (TPSA) is 191 Å². The minimum Gasteiger partial charge on any atom is -0.481 e. The van der Waals surface area contributed by atoms with Crippen molar-refractivity contribution >= 4 is 36.1 Å². The minimum atomic E-state index is -1.25. The number of amides is 4. The van der Waals surface area contributed by atoms with E-state index in [2.05, 4.69) is 21.3 Å². The van der Waals surface area contributed by atoms with Gasteiger partial charge in [0.25, 0.3) is 5.91 Å². The summed E-state index contributed by atoms with van der Waals surface area (Å²) in [6.07, 6.45) is 0.744. The third kappa shape index (κ3) is 11.3. The molecule has 0 aliphatic carbocycles. The molecule has 6 N–H and O–H groups in total. The number of rotatable bonds is 16. The standard InChI is InChI=1S/C21H28N4O8/c26-13-24-15(9-10-18(28)29)20(31)23-12-17(27)25-16(21(32)33)8-4-5-11-22-19(30)14-6-2-1-3-7-14/h1-3,6-7,13,15-16H,4-5,8-12H2,(H,22,30)(H,23,31)(H,24,26)(H,25,27)(H,28,29)(H,32,33). The van der Waals surface area contributed by atoms with E-state index in [1.54, 1.807) is 30.3 Å². The molecule has 2 atom stereocenters. The summed E-state index contributed by atoms with van der Waals surface area (Å²) in [4.78, 5) is 68.6. The highest BCUT2D eigenvalue weighted by Crippen LogP contribution is 2.03. The Bertz CT molecular complexity index is 831. The summed E-state index contributed by atoms with van der Waals surface area (Å²) in [5.41, 5.74) is 0.517. The second kappa shape index (κ2) is 14.9. The van der Waals surface area contributed by atoms with Crippen LogP contribution in [-0.2, 0) is 24.0 Å². The van der Waals surface area contributed by atoms with Gasteiger partial charge in [-0.15, -0.1) is 0 Å². The Morgan fingerprint density at radius 3 is 2.21 bits per heavy atom. The van der Waals surface area contributed by atoms with Crippen molar-refractivity contribution in [3.63, 3.8) is 0 Å². The molecule has 4 amide bonds. The molecule has 0 aliphatic rings. The number of hydrogen-bond donors (Lipinski definition) is 6. The summed E-state index contributed by atoms with van der Waals surface area (Å²) in [6, 6.07) is 6.31. The van der Waals surface area contributed by atoms with Gasteiger partial charge in [-0.25, -0.2) is 4.79 Å². The van der Waals surface area contributed by atoms with E-state index >= 15 is 0 Å². The lowest BCUT2D eigenvalue weighted by Gasteiger charge is -2.17. The fraction of sp³-hybridized carbons (Fsp3) is 0.429. The predicted molar refractivity (Wildman–Crippen MR) is 115 cm³/mol. The Morgan fingerprint density at radius 1 is 0.909 bits per heavy atom. The lowest BCUT2D eigenvalue weighted by Crippen LogP contribution is -2.49. The van der Waals surface area contributed by atoms with Crippen molar-refractivity contribution in [1.29, 1.82) is 0 Å². The molecule has 12 heteroatoms. The quantitative estimate of drug-likeness (QED) is 0.136. The summed E-state index contributed by atoms with van der Waals surface area (Å²) < 4.78 is 0. The lowest BCUT2D eigenvalue weighted by molar-refractivity contribution is -0.142. The van der Waals surface area contributed by atoms with Gasteiger partial charge in [0, 0.05) is 18.5 Å². The first-order valence-electron chi connectivity index (χ1n) is 10.3. The molecule has 0 radical (unpaired) electrons. The van der Waals surface area contributed by atoms with Crippen molar-refractivity contribution in [3.8, 4) is 0 Å². The molecule has 180 valence electrons. The normalized spacial score (nSPS) is 12.0. The van der Waals surface area contributed by atoms with Crippen LogP contribution in [0.2, 0.25) is 0 Å². The van der Waals surface area contributed by atoms with E-state index in [0.29, 0.717) is 24.9 Å². The van der Waals surface area contributed by atoms with Crippen LogP contribution >= 0.6 is 0 Å². The van der Waals surface area contributed by atoms with Crippen molar-refractivity contribution in [2.24, 2.45) is 0 Å². The number of aliphatic carboxylic acids is 2. The summed E-state index contributed by atoms with van der Waals surface area (Å²) >= 11 is 0. The first-order chi connectivity index (χ1) is 15.7. The van der Waals surface area contributed by atoms with Crippen LogP contribution in [0.15, 0.2) is 30.3 Å². The number of carboxylic acid groups (broad SMARTS) is 2. The second-order valence-corrected chi connectivity index (χ2v) is 7.06. The molecule has 0 saturated carbocycles. The molecule has 0 aliphatic heterocycles. The van der Waals surface area contributed by atoms with Gasteiger partial charge in [-0.05, 0) is 37.8 Å². The van der Waals surface area contributed by atoms with Gasteiger partial charge in [0.05, 0.1) is 6.54 Å². The number of unbranched alkanes of at least 4 members (excludes halogenated alkanes) is 1. The van der Waals surface area contributed by atoms with Crippen LogP contribution in [0.5, 0.6) is 0 Å². The smallest absolute Gasteiger partial charge is 0.326 e. The highest BCUT2D eigenvalue weighted by molar-refractivity contribution is 5.94. The highest BCUT2D eigenvalue weighted by atomic mass is 16.4. The largest absolute Gasteiger partial charge is 0.481 e. The zero-order valence-electron chi connectivity index (χ0n) is 17.9. The van der Waals surface area contributed by atoms with Gasteiger partial charge >= 0.3 is 11.9 Å². The fourth-order valence-electron chi connectivity index (χ4n) is 2.80. The monoisotopic (exact) mass is 464 g/mol. The molecule has 0 bridgehead atoms. The summed E-state index contributed by atoms with van der Waals surface area (Å²) in [7, 11) is 0. The minimum absolute atomic E-state index is 0.115. The van der Waals surface area contributed by atoms with Crippen molar-refractivity contribution < 1.29 is 39.0 Å². The van der Waals surface area contributed by atoms with Crippen LogP contribution in [0.1, 0.15) is 42.5 Å². The predicted octanol–water partition coefficient (Wildman–Crippen LogP) is -0.748. The second-order valence-electron chi connectivity index (χ2n) is 7.06. The number of hydrogen-bond acceptors (Lipinski definition) is 6. The molecule has 1 rings (SSSR count). The van der Waals surface area contributed by atoms with Crippen molar-refractivity contribution in [2.45, 2.75) is 44.2 Å². The van der Waals surface area contributed by atoms with Crippen molar-refractivity contribution in [3.05, 3.63) is 35.9 Å². The molecule has 1 aromatic carbocycles. The van der Waals surface area contributed by atoms with Gasteiger partial charge < -0.3 is 31.5 Å². The third-order valence-electron chi connectivity index (χ3n) is 4.53. The first-order valence-corrected chi connectivity index (χ1v) is 10.3. The Kier molecular flexibility index (Phi) is 12.3. The molecule has 0 saturated heterocycles. The third-order valence-corrected chi connectivity index (χ3v) is 4.53. The van der Waals surface area contributed by atoms with Crippen LogP contribution < -0.4 is 21.3 Å². The van der Waals surface area contributed by atoms with Crippen molar-refractivity contribution in [1.82, 2.24) is 21.3 Å². The molecule has 0 aromatic heterocycles. The van der Waals surface area contributed by atoms with E-state index in [4.69, 9.17) is 5.11 Å². The fourth-order valence-corrected chi connectivity index (χ4v) is 2.80. The van der Waals surface area contributed by atoms with E-state index in [9.17, 15) is 33.9 Å². The van der Waals surface area contributed by atoms with E-state index in [0.717, 1.165) is 0 Å². The maximum atomic E-state index is 12.0. The average molecular weight is 464 g/mol. The van der Waals surface area contributed by atoms with Gasteiger partial charge in [0.1, 0.15) is 12.1 Å². The lowest BCUT2D eigenvalue weighted by atomic mass is 10.1. The Morgan fingerprint density at radius 2 is 1.61 bits per heavy atom.